The van der Waals surface area contributed by atoms with Gasteiger partial charge in [-0.1, -0.05) is 11.8 Å². The van der Waals surface area contributed by atoms with Gasteiger partial charge in [-0.2, -0.15) is 0 Å². The summed E-state index contributed by atoms with van der Waals surface area (Å²) in [6.07, 6.45) is 5.44. The second kappa shape index (κ2) is 6.42. The Kier molecular flexibility index (Phi) is 4.62. The standard InChI is InChI=1S/C12H16N4O2S/c1-3-13-9-7-16-6-5-14-11(16)12(15-9)19-8-10(17)18-4-2/h5-7,13H,3-4,8H2,1-2H3. The van der Waals surface area contributed by atoms with Crippen molar-refractivity contribution in [2.75, 3.05) is 24.2 Å². The molecule has 0 aromatic carbocycles. The number of carbonyl (C=O) groups is 1. The van der Waals surface area contributed by atoms with E-state index in [-0.39, 0.29) is 11.7 Å². The van der Waals surface area contributed by atoms with E-state index in [4.69, 9.17) is 4.74 Å². The zero-order chi connectivity index (χ0) is 13.7. The molecule has 0 radical (unpaired) electrons. The van der Waals surface area contributed by atoms with Gasteiger partial charge in [0.25, 0.3) is 0 Å². The first kappa shape index (κ1) is 13.7. The molecule has 0 saturated heterocycles. The van der Waals surface area contributed by atoms with Crippen LogP contribution in [0, 0.1) is 0 Å². The number of rotatable bonds is 6. The lowest BCUT2D eigenvalue weighted by atomic mass is 10.6. The van der Waals surface area contributed by atoms with Crippen LogP contribution in [0.4, 0.5) is 5.82 Å². The van der Waals surface area contributed by atoms with E-state index in [2.05, 4.69) is 15.3 Å². The Morgan fingerprint density at radius 2 is 2.37 bits per heavy atom. The van der Waals surface area contributed by atoms with E-state index in [0.717, 1.165) is 23.0 Å². The summed E-state index contributed by atoms with van der Waals surface area (Å²) < 4.78 is 6.79. The number of carbonyl (C=O) groups excluding carboxylic acids is 1. The number of hydrogen-bond acceptors (Lipinski definition) is 6. The Hall–Kier alpha value is -1.76. The van der Waals surface area contributed by atoms with Crippen molar-refractivity contribution < 1.29 is 9.53 Å². The lowest BCUT2D eigenvalue weighted by Gasteiger charge is -2.07. The van der Waals surface area contributed by atoms with Crippen LogP contribution in [-0.4, -0.2) is 39.2 Å². The van der Waals surface area contributed by atoms with Gasteiger partial charge >= 0.3 is 5.97 Å². The molecule has 6 nitrogen and oxygen atoms in total. The molecule has 0 saturated carbocycles. The lowest BCUT2D eigenvalue weighted by molar-refractivity contribution is -0.139. The summed E-state index contributed by atoms with van der Waals surface area (Å²) in [5, 5.41) is 3.87. The fraction of sp³-hybridized carbons (Fsp3) is 0.417. The van der Waals surface area contributed by atoms with E-state index in [1.54, 1.807) is 13.1 Å². The summed E-state index contributed by atoms with van der Waals surface area (Å²) in [6, 6.07) is 0. The molecule has 19 heavy (non-hydrogen) atoms. The maximum absolute atomic E-state index is 11.4. The van der Waals surface area contributed by atoms with Crippen LogP contribution in [-0.2, 0) is 9.53 Å². The highest BCUT2D eigenvalue weighted by Gasteiger charge is 2.10. The van der Waals surface area contributed by atoms with Crippen molar-refractivity contribution in [3.63, 3.8) is 0 Å². The van der Waals surface area contributed by atoms with E-state index >= 15 is 0 Å². The van der Waals surface area contributed by atoms with E-state index in [9.17, 15) is 4.79 Å². The van der Waals surface area contributed by atoms with Crippen LogP contribution in [0.3, 0.4) is 0 Å². The fourth-order valence-electron chi connectivity index (χ4n) is 1.60. The third-order valence-corrected chi connectivity index (χ3v) is 3.26. The van der Waals surface area contributed by atoms with Gasteiger partial charge in [-0.15, -0.1) is 0 Å². The minimum absolute atomic E-state index is 0.235. The van der Waals surface area contributed by atoms with E-state index in [1.165, 1.54) is 11.8 Å². The zero-order valence-electron chi connectivity index (χ0n) is 10.9. The van der Waals surface area contributed by atoms with Gasteiger partial charge in [0.15, 0.2) is 5.65 Å². The molecule has 0 amide bonds. The second-order valence-electron chi connectivity index (χ2n) is 3.71. The maximum atomic E-state index is 11.4. The number of imidazole rings is 1. The number of esters is 1. The molecule has 0 aliphatic heterocycles. The Morgan fingerprint density at radius 1 is 1.53 bits per heavy atom. The third-order valence-electron chi connectivity index (χ3n) is 2.33. The molecule has 0 aliphatic carbocycles. The summed E-state index contributed by atoms with van der Waals surface area (Å²) in [4.78, 5) is 20.1. The predicted octanol–water partition coefficient (Wildman–Crippen LogP) is 1.82. The average molecular weight is 280 g/mol. The van der Waals surface area contributed by atoms with Crippen molar-refractivity contribution in [2.45, 2.75) is 18.9 Å². The van der Waals surface area contributed by atoms with Gasteiger partial charge in [-0.25, -0.2) is 9.97 Å². The summed E-state index contributed by atoms with van der Waals surface area (Å²) in [7, 11) is 0. The van der Waals surface area contributed by atoms with Crippen LogP contribution < -0.4 is 5.32 Å². The highest BCUT2D eigenvalue weighted by molar-refractivity contribution is 8.00. The van der Waals surface area contributed by atoms with Crippen LogP contribution in [0.15, 0.2) is 23.6 Å². The smallest absolute Gasteiger partial charge is 0.316 e. The van der Waals surface area contributed by atoms with Crippen LogP contribution in [0.1, 0.15) is 13.8 Å². The molecule has 2 rings (SSSR count). The Morgan fingerprint density at radius 3 is 3.11 bits per heavy atom. The van der Waals surface area contributed by atoms with Crippen molar-refractivity contribution in [3.05, 3.63) is 18.6 Å². The van der Waals surface area contributed by atoms with Crippen molar-refractivity contribution in [1.29, 1.82) is 0 Å². The molecule has 0 aliphatic rings. The van der Waals surface area contributed by atoms with Crippen LogP contribution in [0.5, 0.6) is 0 Å². The topological polar surface area (TPSA) is 68.5 Å². The molecule has 0 atom stereocenters. The van der Waals surface area contributed by atoms with Crippen LogP contribution in [0.2, 0.25) is 0 Å². The number of thioether (sulfide) groups is 1. The van der Waals surface area contributed by atoms with Gasteiger partial charge < -0.3 is 14.5 Å². The lowest BCUT2D eigenvalue weighted by Crippen LogP contribution is -2.08. The first-order valence-electron chi connectivity index (χ1n) is 6.10. The van der Waals surface area contributed by atoms with Crippen molar-refractivity contribution in [3.8, 4) is 0 Å². The first-order valence-corrected chi connectivity index (χ1v) is 7.09. The molecule has 102 valence electrons. The summed E-state index contributed by atoms with van der Waals surface area (Å²) in [5.74, 6) is 0.756. The fourth-order valence-corrected chi connectivity index (χ4v) is 2.38. The van der Waals surface area contributed by atoms with E-state index < -0.39 is 0 Å². The molecule has 0 fully saturated rings. The number of aromatic nitrogens is 3. The molecular weight excluding hydrogens is 264 g/mol. The van der Waals surface area contributed by atoms with Crippen molar-refractivity contribution >= 4 is 29.2 Å². The molecule has 2 aromatic rings. The van der Waals surface area contributed by atoms with Crippen molar-refractivity contribution in [2.24, 2.45) is 0 Å². The van der Waals surface area contributed by atoms with Crippen LogP contribution >= 0.6 is 11.8 Å². The molecule has 2 heterocycles. The van der Waals surface area contributed by atoms with Gasteiger partial charge in [0.05, 0.1) is 18.6 Å². The maximum Gasteiger partial charge on any atom is 0.316 e. The minimum atomic E-state index is -0.243. The largest absolute Gasteiger partial charge is 0.465 e. The molecule has 2 aromatic heterocycles. The zero-order valence-corrected chi connectivity index (χ0v) is 11.7. The molecule has 1 N–H and O–H groups in total. The van der Waals surface area contributed by atoms with Crippen molar-refractivity contribution in [1.82, 2.24) is 14.4 Å². The second-order valence-corrected chi connectivity index (χ2v) is 4.68. The highest BCUT2D eigenvalue weighted by Crippen LogP contribution is 2.22. The minimum Gasteiger partial charge on any atom is -0.465 e. The molecule has 0 bridgehead atoms. The summed E-state index contributed by atoms with van der Waals surface area (Å²) in [6.45, 7) is 4.98. The number of hydrogen-bond donors (Lipinski definition) is 1. The Bertz CT molecular complexity index is 570. The van der Waals surface area contributed by atoms with Crippen LogP contribution in [0.25, 0.3) is 5.65 Å². The quantitative estimate of drug-likeness (QED) is 0.643. The number of nitrogens with one attached hydrogen (secondary N) is 1. The molecule has 0 spiro atoms. The highest BCUT2D eigenvalue weighted by atomic mass is 32.2. The van der Waals surface area contributed by atoms with Gasteiger partial charge in [0.2, 0.25) is 0 Å². The number of nitrogens with zero attached hydrogens (tertiary/aromatic N) is 3. The van der Waals surface area contributed by atoms with Gasteiger partial charge in [0.1, 0.15) is 10.8 Å². The monoisotopic (exact) mass is 280 g/mol. The molecular formula is C12H16N4O2S. The summed E-state index contributed by atoms with van der Waals surface area (Å²) in [5.41, 5.74) is 0.746. The average Bonchev–Trinajstić information content (AvgIpc) is 2.85. The van der Waals surface area contributed by atoms with Gasteiger partial charge in [0, 0.05) is 18.9 Å². The Labute approximate surface area is 115 Å². The number of fused-ring (bicyclic) bond motifs is 1. The van der Waals surface area contributed by atoms with Gasteiger partial charge in [-0.3, -0.25) is 4.79 Å². The number of anilines is 1. The van der Waals surface area contributed by atoms with E-state index in [0.29, 0.717) is 6.61 Å². The normalized spacial score (nSPS) is 10.6. The molecule has 7 heteroatoms. The number of ether oxygens (including phenoxy) is 1. The molecule has 0 unspecified atom stereocenters. The third kappa shape index (κ3) is 3.37. The summed E-state index contributed by atoms with van der Waals surface area (Å²) >= 11 is 1.33. The van der Waals surface area contributed by atoms with E-state index in [1.807, 2.05) is 23.7 Å². The first-order chi connectivity index (χ1) is 9.24. The Balaban J connectivity index is 2.19. The predicted molar refractivity (Wildman–Crippen MR) is 74.5 cm³/mol. The van der Waals surface area contributed by atoms with Gasteiger partial charge in [-0.05, 0) is 13.8 Å². The SMILES string of the molecule is CCNc1cn2ccnc2c(SCC(=O)OCC)n1.